The molecule has 154 valence electrons. The third kappa shape index (κ3) is 5.13. The lowest BCUT2D eigenvalue weighted by Gasteiger charge is -2.27. The minimum atomic E-state index is -0.403. The Morgan fingerprint density at radius 1 is 1.28 bits per heavy atom. The van der Waals surface area contributed by atoms with E-state index in [0.717, 1.165) is 10.2 Å². The Hall–Kier alpha value is -3.36. The number of ether oxygens (including phenoxy) is 2. The second kappa shape index (κ2) is 9.22. The van der Waals surface area contributed by atoms with Gasteiger partial charge in [0.05, 0.1) is 26.0 Å². The summed E-state index contributed by atoms with van der Waals surface area (Å²) in [6.07, 6.45) is 0.0964. The van der Waals surface area contributed by atoms with Crippen LogP contribution in [0.4, 0.5) is 4.79 Å². The van der Waals surface area contributed by atoms with E-state index in [1.807, 2.05) is 24.3 Å². The summed E-state index contributed by atoms with van der Waals surface area (Å²) in [5.41, 5.74) is 1.90. The lowest BCUT2D eigenvalue weighted by Crippen LogP contribution is -2.40. The molecule has 1 N–H and O–H groups in total. The highest BCUT2D eigenvalue weighted by Crippen LogP contribution is 2.16. The first-order chi connectivity index (χ1) is 14.0. The molecule has 9 heteroatoms. The zero-order valence-corrected chi connectivity index (χ0v) is 16.5. The predicted molar refractivity (Wildman–Crippen MR) is 104 cm³/mol. The predicted octanol–water partition coefficient (Wildman–Crippen LogP) is 1.08. The van der Waals surface area contributed by atoms with E-state index in [-0.39, 0.29) is 24.6 Å². The number of carbonyl (C=O) groups is 2. The molecule has 3 rings (SSSR count). The maximum Gasteiger partial charge on any atom is 0.410 e. The Kier molecular flexibility index (Phi) is 6.48. The number of amides is 2. The molecule has 9 nitrogen and oxygen atoms in total. The average molecular weight is 400 g/mol. The fourth-order valence-electron chi connectivity index (χ4n) is 3.10. The van der Waals surface area contributed by atoms with Gasteiger partial charge in [0.15, 0.2) is 0 Å². The number of nitrogens with one attached hydrogen (secondary N) is 1. The van der Waals surface area contributed by atoms with Crippen molar-refractivity contribution in [3.8, 4) is 5.75 Å². The molecule has 0 saturated heterocycles. The Morgan fingerprint density at radius 3 is 2.86 bits per heavy atom. The molecule has 0 spiro atoms. The molecule has 2 amide bonds. The van der Waals surface area contributed by atoms with E-state index in [1.54, 1.807) is 14.0 Å². The summed E-state index contributed by atoms with van der Waals surface area (Å²) in [6.45, 7) is 2.93. The van der Waals surface area contributed by atoms with Gasteiger partial charge in [-0.15, -0.1) is 0 Å². The molecule has 0 bridgehead atoms. The van der Waals surface area contributed by atoms with Crippen molar-refractivity contribution in [2.45, 2.75) is 33.0 Å². The van der Waals surface area contributed by atoms with Gasteiger partial charge in [-0.2, -0.15) is 5.10 Å². The van der Waals surface area contributed by atoms with Crippen LogP contribution in [0.5, 0.6) is 5.75 Å². The maximum absolute atomic E-state index is 12.4. The van der Waals surface area contributed by atoms with Gasteiger partial charge in [0.1, 0.15) is 12.3 Å². The number of nitrogens with zero attached hydrogens (tertiary/aromatic N) is 3. The highest BCUT2D eigenvalue weighted by atomic mass is 16.6. The van der Waals surface area contributed by atoms with Gasteiger partial charge in [0.2, 0.25) is 5.91 Å². The van der Waals surface area contributed by atoms with Crippen LogP contribution in [-0.2, 0) is 35.6 Å². The average Bonchev–Trinajstić information content (AvgIpc) is 2.72. The summed E-state index contributed by atoms with van der Waals surface area (Å²) in [6, 6.07) is 8.81. The van der Waals surface area contributed by atoms with Crippen LogP contribution in [0, 0.1) is 0 Å². The standard InChI is InChI=1S/C20H24N4O5/c1-3-29-20(27)23-8-7-17-15(12-23)10-19(26)24(22-17)13-18(25)21-11-14-5-4-6-16(9-14)28-2/h4-6,9-10H,3,7-8,11-13H2,1-2H3,(H,21,25). The van der Waals surface area contributed by atoms with Crippen molar-refractivity contribution < 1.29 is 19.1 Å². The zero-order chi connectivity index (χ0) is 20.8. The molecule has 0 radical (unpaired) electrons. The van der Waals surface area contributed by atoms with E-state index in [4.69, 9.17) is 9.47 Å². The minimum Gasteiger partial charge on any atom is -0.497 e. The smallest absolute Gasteiger partial charge is 0.410 e. The first-order valence-corrected chi connectivity index (χ1v) is 9.41. The highest BCUT2D eigenvalue weighted by Gasteiger charge is 2.24. The lowest BCUT2D eigenvalue weighted by atomic mass is 10.1. The van der Waals surface area contributed by atoms with E-state index < -0.39 is 6.09 Å². The monoisotopic (exact) mass is 400 g/mol. The summed E-state index contributed by atoms with van der Waals surface area (Å²) >= 11 is 0. The Morgan fingerprint density at radius 2 is 2.10 bits per heavy atom. The van der Waals surface area contributed by atoms with Crippen molar-refractivity contribution in [1.29, 1.82) is 0 Å². The van der Waals surface area contributed by atoms with Gasteiger partial charge < -0.3 is 19.7 Å². The number of carbonyl (C=O) groups excluding carboxylic acids is 2. The Balaban J connectivity index is 1.62. The third-order valence-electron chi connectivity index (χ3n) is 4.59. The van der Waals surface area contributed by atoms with Crippen molar-refractivity contribution in [2.24, 2.45) is 0 Å². The first-order valence-electron chi connectivity index (χ1n) is 9.41. The van der Waals surface area contributed by atoms with Gasteiger partial charge in [-0.1, -0.05) is 12.1 Å². The molecule has 1 aromatic carbocycles. The van der Waals surface area contributed by atoms with Crippen LogP contribution in [0.3, 0.4) is 0 Å². The van der Waals surface area contributed by atoms with Crippen LogP contribution in [0.15, 0.2) is 35.1 Å². The van der Waals surface area contributed by atoms with Gasteiger partial charge in [0, 0.05) is 31.1 Å². The molecule has 2 aromatic rings. The van der Waals surface area contributed by atoms with Crippen molar-refractivity contribution in [2.75, 3.05) is 20.3 Å². The summed E-state index contributed by atoms with van der Waals surface area (Å²) in [7, 11) is 1.58. The van der Waals surface area contributed by atoms with Crippen molar-refractivity contribution >= 4 is 12.0 Å². The summed E-state index contributed by atoms with van der Waals surface area (Å²) < 4.78 is 11.3. The number of rotatable bonds is 6. The number of methoxy groups -OCH3 is 1. The molecule has 1 aromatic heterocycles. The molecule has 29 heavy (non-hydrogen) atoms. The molecule has 0 saturated carbocycles. The van der Waals surface area contributed by atoms with Gasteiger partial charge in [-0.3, -0.25) is 9.59 Å². The highest BCUT2D eigenvalue weighted by molar-refractivity contribution is 5.75. The van der Waals surface area contributed by atoms with Crippen molar-refractivity contribution in [1.82, 2.24) is 20.0 Å². The lowest BCUT2D eigenvalue weighted by molar-refractivity contribution is -0.122. The molecule has 0 fully saturated rings. The number of aromatic nitrogens is 2. The van der Waals surface area contributed by atoms with Crippen LogP contribution in [0.2, 0.25) is 0 Å². The zero-order valence-electron chi connectivity index (χ0n) is 16.5. The fourth-order valence-corrected chi connectivity index (χ4v) is 3.10. The number of hydrogen-bond donors (Lipinski definition) is 1. The van der Waals surface area contributed by atoms with Crippen molar-refractivity contribution in [3.05, 3.63) is 57.5 Å². The van der Waals surface area contributed by atoms with Gasteiger partial charge in [-0.25, -0.2) is 9.48 Å². The Bertz CT molecular complexity index is 956. The van der Waals surface area contributed by atoms with E-state index >= 15 is 0 Å². The fraction of sp³-hybridized carbons (Fsp3) is 0.400. The van der Waals surface area contributed by atoms with Crippen LogP contribution < -0.4 is 15.6 Å². The topological polar surface area (TPSA) is 103 Å². The molecule has 2 heterocycles. The van der Waals surface area contributed by atoms with Crippen LogP contribution in [0.25, 0.3) is 0 Å². The molecule has 0 unspecified atom stereocenters. The molecule has 0 atom stereocenters. The van der Waals surface area contributed by atoms with E-state index in [0.29, 0.717) is 43.1 Å². The number of benzene rings is 1. The molecule has 1 aliphatic rings. The van der Waals surface area contributed by atoms with Gasteiger partial charge in [0.25, 0.3) is 5.56 Å². The maximum atomic E-state index is 12.4. The van der Waals surface area contributed by atoms with E-state index in [9.17, 15) is 14.4 Å². The first kappa shape index (κ1) is 20.4. The van der Waals surface area contributed by atoms with Gasteiger partial charge >= 0.3 is 6.09 Å². The third-order valence-corrected chi connectivity index (χ3v) is 4.59. The SMILES string of the molecule is CCOC(=O)N1CCc2nn(CC(=O)NCc3cccc(OC)c3)c(=O)cc2C1. The van der Waals surface area contributed by atoms with Crippen molar-refractivity contribution in [3.63, 3.8) is 0 Å². The number of hydrogen-bond acceptors (Lipinski definition) is 6. The second-order valence-electron chi connectivity index (χ2n) is 6.61. The molecular formula is C20H24N4O5. The minimum absolute atomic E-state index is 0.169. The summed E-state index contributed by atoms with van der Waals surface area (Å²) in [4.78, 5) is 38.0. The normalized spacial score (nSPS) is 12.8. The summed E-state index contributed by atoms with van der Waals surface area (Å²) in [5.74, 6) is 0.396. The van der Waals surface area contributed by atoms with Crippen LogP contribution in [-0.4, -0.2) is 46.9 Å². The quantitative estimate of drug-likeness (QED) is 0.779. The van der Waals surface area contributed by atoms with Crippen LogP contribution >= 0.6 is 0 Å². The largest absolute Gasteiger partial charge is 0.497 e. The number of fused-ring (bicyclic) bond motifs is 1. The van der Waals surface area contributed by atoms with Crippen LogP contribution in [0.1, 0.15) is 23.7 Å². The van der Waals surface area contributed by atoms with E-state index in [2.05, 4.69) is 10.4 Å². The molecule has 0 aliphatic carbocycles. The Labute approximate surface area is 168 Å². The van der Waals surface area contributed by atoms with E-state index in [1.165, 1.54) is 11.0 Å². The molecule has 1 aliphatic heterocycles. The van der Waals surface area contributed by atoms with Gasteiger partial charge in [-0.05, 0) is 24.6 Å². The summed E-state index contributed by atoms with van der Waals surface area (Å²) in [5, 5.41) is 7.10. The second-order valence-corrected chi connectivity index (χ2v) is 6.61. The molecular weight excluding hydrogens is 376 g/mol.